The fraction of sp³-hybridized carbons (Fsp3) is 0.111. The van der Waals surface area contributed by atoms with Crippen LogP contribution < -0.4 is 20.3 Å². The maximum Gasteiger partial charge on any atom is 0.335 e. The number of amides is 5. The Hall–Kier alpha value is -4.24. The highest BCUT2D eigenvalue weighted by Gasteiger charge is 2.37. The van der Waals surface area contributed by atoms with Crippen molar-refractivity contribution >= 4 is 57.1 Å². The molecule has 4 rings (SSSR count). The number of para-hydroxylation sites is 1. The molecule has 0 radical (unpaired) electrons. The van der Waals surface area contributed by atoms with Crippen molar-refractivity contribution in [2.24, 2.45) is 0 Å². The van der Waals surface area contributed by atoms with Crippen LogP contribution in [0.15, 0.2) is 76.8 Å². The molecule has 2 N–H and O–H groups in total. The number of barbiturate groups is 1. The van der Waals surface area contributed by atoms with E-state index < -0.39 is 17.8 Å². The number of urea groups is 1. The number of hydrogen-bond donors (Lipinski definition) is 2. The molecule has 0 aliphatic carbocycles. The van der Waals surface area contributed by atoms with Crippen LogP contribution in [0.3, 0.4) is 0 Å². The number of anilines is 2. The zero-order valence-electron chi connectivity index (χ0n) is 19.5. The van der Waals surface area contributed by atoms with Crippen molar-refractivity contribution in [3.05, 3.63) is 93.5 Å². The van der Waals surface area contributed by atoms with Gasteiger partial charge in [0.1, 0.15) is 11.3 Å². The summed E-state index contributed by atoms with van der Waals surface area (Å²) in [6, 6.07) is 18.0. The lowest BCUT2D eigenvalue weighted by Crippen LogP contribution is -2.54. The lowest BCUT2D eigenvalue weighted by atomic mass is 10.1. The first kappa shape index (κ1) is 24.9. The third-order valence-corrected chi connectivity index (χ3v) is 6.17. The molecule has 1 aliphatic rings. The van der Waals surface area contributed by atoms with Gasteiger partial charge in [0.15, 0.2) is 6.61 Å². The SMILES string of the molecule is Cc1cccc(NC(=O)COc2ccccc2/C=C2\C(=O)NC(=O)N(c3ccc(Br)cc3)C2=O)c1C. The fourth-order valence-corrected chi connectivity index (χ4v) is 3.85. The molecular formula is C27H22BrN3O5. The summed E-state index contributed by atoms with van der Waals surface area (Å²) in [4.78, 5) is 51.5. The molecule has 9 heteroatoms. The highest BCUT2D eigenvalue weighted by Crippen LogP contribution is 2.26. The molecule has 1 fully saturated rings. The fourth-order valence-electron chi connectivity index (χ4n) is 3.58. The molecule has 3 aromatic rings. The van der Waals surface area contributed by atoms with E-state index in [2.05, 4.69) is 26.6 Å². The first-order chi connectivity index (χ1) is 17.2. The van der Waals surface area contributed by atoms with Crippen LogP contribution in [0.2, 0.25) is 0 Å². The largest absolute Gasteiger partial charge is 0.483 e. The Balaban J connectivity index is 1.54. The number of benzene rings is 3. The molecule has 0 bridgehead atoms. The highest BCUT2D eigenvalue weighted by molar-refractivity contribution is 9.10. The van der Waals surface area contributed by atoms with Crippen molar-refractivity contribution in [1.82, 2.24) is 5.32 Å². The van der Waals surface area contributed by atoms with Gasteiger partial charge in [0.2, 0.25) is 0 Å². The minimum Gasteiger partial charge on any atom is -0.483 e. The average Bonchev–Trinajstić information content (AvgIpc) is 2.85. The zero-order chi connectivity index (χ0) is 25.8. The summed E-state index contributed by atoms with van der Waals surface area (Å²) >= 11 is 3.31. The second-order valence-electron chi connectivity index (χ2n) is 8.06. The third kappa shape index (κ3) is 5.36. The lowest BCUT2D eigenvalue weighted by molar-refractivity contribution is -0.122. The van der Waals surface area contributed by atoms with E-state index in [-0.39, 0.29) is 18.1 Å². The van der Waals surface area contributed by atoms with Gasteiger partial charge in [-0.2, -0.15) is 0 Å². The Morgan fingerprint density at radius 2 is 1.72 bits per heavy atom. The lowest BCUT2D eigenvalue weighted by Gasteiger charge is -2.26. The Morgan fingerprint density at radius 1 is 1.00 bits per heavy atom. The molecule has 3 aromatic carbocycles. The van der Waals surface area contributed by atoms with Gasteiger partial charge in [-0.05, 0) is 67.4 Å². The van der Waals surface area contributed by atoms with Crippen LogP contribution in [0.1, 0.15) is 16.7 Å². The van der Waals surface area contributed by atoms with Gasteiger partial charge >= 0.3 is 6.03 Å². The quantitative estimate of drug-likeness (QED) is 0.342. The monoisotopic (exact) mass is 547 g/mol. The number of carbonyl (C=O) groups excluding carboxylic acids is 4. The molecule has 0 atom stereocenters. The second-order valence-corrected chi connectivity index (χ2v) is 8.97. The van der Waals surface area contributed by atoms with Crippen LogP contribution in [0.5, 0.6) is 5.75 Å². The van der Waals surface area contributed by atoms with Gasteiger partial charge in [-0.3, -0.25) is 19.7 Å². The molecule has 36 heavy (non-hydrogen) atoms. The third-order valence-electron chi connectivity index (χ3n) is 5.64. The van der Waals surface area contributed by atoms with Crippen molar-refractivity contribution in [1.29, 1.82) is 0 Å². The van der Waals surface area contributed by atoms with E-state index in [1.165, 1.54) is 6.08 Å². The molecule has 0 saturated carbocycles. The Morgan fingerprint density at radius 3 is 2.47 bits per heavy atom. The van der Waals surface area contributed by atoms with Gasteiger partial charge in [0.05, 0.1) is 5.69 Å². The molecule has 0 aromatic heterocycles. The van der Waals surface area contributed by atoms with Crippen LogP contribution >= 0.6 is 15.9 Å². The van der Waals surface area contributed by atoms with Crippen LogP contribution in [-0.4, -0.2) is 30.4 Å². The van der Waals surface area contributed by atoms with Crippen molar-refractivity contribution in [3.63, 3.8) is 0 Å². The van der Waals surface area contributed by atoms with Gasteiger partial charge < -0.3 is 10.1 Å². The normalized spacial score (nSPS) is 14.6. The molecule has 0 unspecified atom stereocenters. The van der Waals surface area contributed by atoms with E-state index >= 15 is 0 Å². The van der Waals surface area contributed by atoms with Crippen molar-refractivity contribution < 1.29 is 23.9 Å². The van der Waals surface area contributed by atoms with Gasteiger partial charge in [-0.15, -0.1) is 0 Å². The number of rotatable bonds is 6. The summed E-state index contributed by atoms with van der Waals surface area (Å²) < 4.78 is 6.49. The minimum absolute atomic E-state index is 0.242. The number of halogens is 1. The molecule has 0 spiro atoms. The van der Waals surface area contributed by atoms with E-state index in [1.54, 1.807) is 48.5 Å². The maximum absolute atomic E-state index is 13.1. The molecular weight excluding hydrogens is 526 g/mol. The first-order valence-corrected chi connectivity index (χ1v) is 11.8. The molecule has 1 saturated heterocycles. The summed E-state index contributed by atoms with van der Waals surface area (Å²) in [5.74, 6) is -1.65. The summed E-state index contributed by atoms with van der Waals surface area (Å²) in [5, 5.41) is 5.02. The number of nitrogens with one attached hydrogen (secondary N) is 2. The topological polar surface area (TPSA) is 105 Å². The summed E-state index contributed by atoms with van der Waals surface area (Å²) in [7, 11) is 0. The number of aryl methyl sites for hydroxylation is 1. The van der Waals surface area contributed by atoms with E-state index in [9.17, 15) is 19.2 Å². The summed E-state index contributed by atoms with van der Waals surface area (Å²) in [6.07, 6.45) is 1.34. The minimum atomic E-state index is -0.836. The Labute approximate surface area is 216 Å². The Kier molecular flexibility index (Phi) is 7.30. The van der Waals surface area contributed by atoms with E-state index in [0.717, 1.165) is 20.5 Å². The average molecular weight is 548 g/mol. The number of hydrogen-bond acceptors (Lipinski definition) is 5. The summed E-state index contributed by atoms with van der Waals surface area (Å²) in [5.41, 5.74) is 3.18. The number of imide groups is 2. The molecule has 1 aliphatic heterocycles. The van der Waals surface area contributed by atoms with Crippen molar-refractivity contribution in [3.8, 4) is 5.75 Å². The van der Waals surface area contributed by atoms with E-state index in [1.807, 2.05) is 32.0 Å². The molecule has 1 heterocycles. The highest BCUT2D eigenvalue weighted by atomic mass is 79.9. The van der Waals surface area contributed by atoms with Crippen molar-refractivity contribution in [2.75, 3.05) is 16.8 Å². The van der Waals surface area contributed by atoms with Crippen LogP contribution in [0, 0.1) is 13.8 Å². The van der Waals surface area contributed by atoms with Gasteiger partial charge in [0, 0.05) is 15.7 Å². The molecule has 8 nitrogen and oxygen atoms in total. The Bertz CT molecular complexity index is 1400. The zero-order valence-corrected chi connectivity index (χ0v) is 21.1. The molecule has 5 amide bonds. The van der Waals surface area contributed by atoms with Crippen LogP contribution in [0.4, 0.5) is 16.2 Å². The second kappa shape index (κ2) is 10.6. The predicted octanol–water partition coefficient (Wildman–Crippen LogP) is 4.75. The molecule has 182 valence electrons. The van der Waals surface area contributed by atoms with Gasteiger partial charge in [-0.25, -0.2) is 9.69 Å². The van der Waals surface area contributed by atoms with Crippen LogP contribution in [-0.2, 0) is 14.4 Å². The van der Waals surface area contributed by atoms with E-state index in [4.69, 9.17) is 4.74 Å². The summed E-state index contributed by atoms with van der Waals surface area (Å²) in [6.45, 7) is 3.60. The predicted molar refractivity (Wildman–Crippen MR) is 140 cm³/mol. The van der Waals surface area contributed by atoms with Crippen molar-refractivity contribution in [2.45, 2.75) is 13.8 Å². The number of nitrogens with zero attached hydrogens (tertiary/aromatic N) is 1. The maximum atomic E-state index is 13.1. The first-order valence-electron chi connectivity index (χ1n) is 11.0. The van der Waals surface area contributed by atoms with E-state index in [0.29, 0.717) is 22.7 Å². The van der Waals surface area contributed by atoms with Crippen LogP contribution in [0.25, 0.3) is 6.08 Å². The number of carbonyl (C=O) groups is 4. The van der Waals surface area contributed by atoms with Gasteiger partial charge in [-0.1, -0.05) is 46.3 Å². The standard InChI is InChI=1S/C27H22BrN3O5/c1-16-6-5-8-22(17(16)2)29-24(32)15-36-23-9-4-3-7-18(23)14-21-25(33)30-27(35)31(26(21)34)20-12-10-19(28)11-13-20/h3-14H,15H2,1-2H3,(H,29,32)(H,30,33,35)/b21-14+. The van der Waals surface area contributed by atoms with Gasteiger partial charge in [0.25, 0.3) is 17.7 Å². The number of ether oxygens (including phenoxy) is 1. The smallest absolute Gasteiger partial charge is 0.335 e.